The third-order valence-electron chi connectivity index (χ3n) is 3.47. The number of H-pyrrole nitrogens is 1. The largest absolute Gasteiger partial charge is 0.365 e. The summed E-state index contributed by atoms with van der Waals surface area (Å²) in [5.74, 6) is -0.232. The van der Waals surface area contributed by atoms with E-state index in [4.69, 9.17) is 11.5 Å². The van der Waals surface area contributed by atoms with Gasteiger partial charge in [-0.15, -0.1) is 11.8 Å². The van der Waals surface area contributed by atoms with Crippen molar-refractivity contribution in [3.8, 4) is 0 Å². The smallest absolute Gasteiger partial charge is 0.317 e. The zero-order valence-electron chi connectivity index (χ0n) is 12.5. The Morgan fingerprint density at radius 1 is 1.25 bits per heavy atom. The molecule has 0 aromatic carbocycles. The molecule has 2 bridgehead atoms. The molecule has 1 aromatic heterocycles. The van der Waals surface area contributed by atoms with Crippen molar-refractivity contribution in [3.63, 3.8) is 0 Å². The number of urea groups is 1. The lowest BCUT2D eigenvalue weighted by Gasteiger charge is -2.05. The van der Waals surface area contributed by atoms with E-state index in [1.807, 2.05) is 18.2 Å². The van der Waals surface area contributed by atoms with E-state index in [0.717, 1.165) is 16.2 Å². The average Bonchev–Trinajstić information content (AvgIpc) is 2.69. The van der Waals surface area contributed by atoms with Crippen molar-refractivity contribution in [1.29, 1.82) is 0 Å². The Hall–Kier alpha value is -2.94. The van der Waals surface area contributed by atoms with Gasteiger partial charge in [0.2, 0.25) is 5.91 Å². The van der Waals surface area contributed by atoms with Crippen LogP contribution in [0.25, 0.3) is 5.57 Å². The lowest BCUT2D eigenvalue weighted by atomic mass is 10.1. The number of anilines is 1. The molecule has 7 N–H and O–H groups in total. The van der Waals surface area contributed by atoms with Crippen molar-refractivity contribution < 1.29 is 14.4 Å². The number of amides is 4. The molecule has 0 radical (unpaired) electrons. The molecule has 2 heterocycles. The molecular formula is C15H15N5O3S. The van der Waals surface area contributed by atoms with E-state index < -0.39 is 11.9 Å². The van der Waals surface area contributed by atoms with Crippen molar-refractivity contribution in [2.24, 2.45) is 11.5 Å². The Balaban J connectivity index is 2.02. The van der Waals surface area contributed by atoms with Crippen molar-refractivity contribution in [2.75, 3.05) is 11.1 Å². The fourth-order valence-corrected chi connectivity index (χ4v) is 3.27. The van der Waals surface area contributed by atoms with Gasteiger partial charge in [-0.05, 0) is 22.6 Å². The molecule has 1 saturated heterocycles. The summed E-state index contributed by atoms with van der Waals surface area (Å²) in [6, 6.07) is 0.727. The van der Waals surface area contributed by atoms with E-state index in [9.17, 15) is 14.4 Å². The van der Waals surface area contributed by atoms with Crippen LogP contribution in [-0.2, 0) is 4.79 Å². The van der Waals surface area contributed by atoms with Crippen LogP contribution in [0.2, 0.25) is 0 Å². The minimum Gasteiger partial charge on any atom is -0.365 e. The zero-order valence-corrected chi connectivity index (χ0v) is 13.3. The van der Waals surface area contributed by atoms with Crippen LogP contribution in [0.3, 0.4) is 0 Å². The van der Waals surface area contributed by atoms with Gasteiger partial charge in [0.25, 0.3) is 5.91 Å². The number of allylic oxidation sites excluding steroid dienone is 5. The first-order valence-electron chi connectivity index (χ1n) is 7.06. The van der Waals surface area contributed by atoms with E-state index in [0.29, 0.717) is 17.9 Å². The summed E-state index contributed by atoms with van der Waals surface area (Å²) in [6.07, 6.45) is 6.25. The highest BCUT2D eigenvalue weighted by Gasteiger charge is 2.19. The molecule has 2 aliphatic rings. The van der Waals surface area contributed by atoms with Gasteiger partial charge in [0.05, 0.1) is 11.3 Å². The second-order valence-electron chi connectivity index (χ2n) is 5.26. The minimum absolute atomic E-state index is 0.0590. The summed E-state index contributed by atoms with van der Waals surface area (Å²) in [6.45, 7) is 0. The van der Waals surface area contributed by atoms with Crippen molar-refractivity contribution >= 4 is 41.0 Å². The zero-order chi connectivity index (χ0) is 17.3. The van der Waals surface area contributed by atoms with Crippen molar-refractivity contribution in [1.82, 2.24) is 10.3 Å². The van der Waals surface area contributed by atoms with Gasteiger partial charge in [-0.1, -0.05) is 12.2 Å². The maximum atomic E-state index is 11.7. The summed E-state index contributed by atoms with van der Waals surface area (Å²) in [5, 5.41) is 5.19. The number of aromatic nitrogens is 1. The quantitative estimate of drug-likeness (QED) is 0.557. The Labute approximate surface area is 141 Å². The second-order valence-corrected chi connectivity index (χ2v) is 6.37. The van der Waals surface area contributed by atoms with Crippen molar-refractivity contribution in [2.45, 2.75) is 6.42 Å². The average molecular weight is 345 g/mol. The number of thioether (sulfide) groups is 1. The maximum absolute atomic E-state index is 11.7. The first kappa shape index (κ1) is 15.9. The maximum Gasteiger partial charge on any atom is 0.317 e. The van der Waals surface area contributed by atoms with Crippen LogP contribution in [0.1, 0.15) is 22.5 Å². The molecule has 8 nitrogen and oxygen atoms in total. The molecule has 24 heavy (non-hydrogen) atoms. The number of nitrogens with two attached hydrogens (primary N) is 2. The molecular weight excluding hydrogens is 330 g/mol. The Morgan fingerprint density at radius 3 is 2.75 bits per heavy atom. The fraction of sp³-hybridized carbons (Fsp3) is 0.133. The van der Waals surface area contributed by atoms with Gasteiger partial charge in [0, 0.05) is 17.8 Å². The number of nitrogens with one attached hydrogen (secondary N) is 3. The van der Waals surface area contributed by atoms with Crippen LogP contribution in [0.5, 0.6) is 0 Å². The van der Waals surface area contributed by atoms with Gasteiger partial charge >= 0.3 is 6.03 Å². The Kier molecular flexibility index (Phi) is 4.17. The summed E-state index contributed by atoms with van der Waals surface area (Å²) in [5.41, 5.74) is 12.6. The lowest BCUT2D eigenvalue weighted by molar-refractivity contribution is -0.117. The van der Waals surface area contributed by atoms with Crippen LogP contribution < -0.4 is 22.1 Å². The number of carbonyl (C=O) groups is 3. The molecule has 1 fully saturated rings. The molecule has 0 atom stereocenters. The highest BCUT2D eigenvalue weighted by molar-refractivity contribution is 8.03. The molecule has 3 rings (SSSR count). The second kappa shape index (κ2) is 6.28. The van der Waals surface area contributed by atoms with E-state index in [2.05, 4.69) is 15.6 Å². The Morgan fingerprint density at radius 2 is 2.04 bits per heavy atom. The predicted molar refractivity (Wildman–Crippen MR) is 91.9 cm³/mol. The van der Waals surface area contributed by atoms with Crippen LogP contribution in [0.4, 0.5) is 10.6 Å². The third kappa shape index (κ3) is 3.35. The lowest BCUT2D eigenvalue weighted by Crippen LogP contribution is -2.22. The topological polar surface area (TPSA) is 143 Å². The van der Waals surface area contributed by atoms with E-state index in [1.165, 1.54) is 17.8 Å². The molecule has 4 amide bonds. The number of fused-ring (bicyclic) bond motifs is 2. The molecule has 0 unspecified atom stereocenters. The highest BCUT2D eigenvalue weighted by Crippen LogP contribution is 2.32. The van der Waals surface area contributed by atoms with Crippen molar-refractivity contribution in [3.05, 3.63) is 46.2 Å². The summed E-state index contributed by atoms with van der Waals surface area (Å²) >= 11 is 1.49. The molecule has 1 aromatic rings. The SMILES string of the molecule is NC(=O)Nc1[nH]c(C2=CC=C3CC(=C2)NC(=O)CS3)cc1C(N)=O. The first-order valence-corrected chi connectivity index (χ1v) is 8.04. The monoisotopic (exact) mass is 345 g/mol. The van der Waals surface area contributed by atoms with E-state index in [-0.39, 0.29) is 17.3 Å². The molecule has 1 aliphatic carbocycles. The van der Waals surface area contributed by atoms with Crippen LogP contribution in [0.15, 0.2) is 34.9 Å². The number of hydrogen-bond acceptors (Lipinski definition) is 4. The molecule has 124 valence electrons. The fourth-order valence-electron chi connectivity index (χ4n) is 2.46. The van der Waals surface area contributed by atoms with Gasteiger partial charge in [0.1, 0.15) is 5.82 Å². The first-order chi connectivity index (χ1) is 11.4. The van der Waals surface area contributed by atoms with Gasteiger partial charge in [-0.25, -0.2) is 4.79 Å². The van der Waals surface area contributed by atoms with Crippen LogP contribution in [0, 0.1) is 0 Å². The summed E-state index contributed by atoms with van der Waals surface area (Å²) in [7, 11) is 0. The van der Waals surface area contributed by atoms with E-state index in [1.54, 1.807) is 0 Å². The summed E-state index contributed by atoms with van der Waals surface area (Å²) < 4.78 is 0. The summed E-state index contributed by atoms with van der Waals surface area (Å²) in [4.78, 5) is 38.3. The van der Waals surface area contributed by atoms with E-state index >= 15 is 0 Å². The van der Waals surface area contributed by atoms with Gasteiger partial charge in [0.15, 0.2) is 0 Å². The van der Waals surface area contributed by atoms with Gasteiger partial charge in [-0.3, -0.25) is 14.9 Å². The number of primary amides is 2. The van der Waals surface area contributed by atoms with Gasteiger partial charge < -0.3 is 21.8 Å². The van der Waals surface area contributed by atoms with Crippen LogP contribution >= 0.6 is 11.8 Å². The number of hydrogen-bond donors (Lipinski definition) is 5. The number of rotatable bonds is 3. The third-order valence-corrected chi connectivity index (χ3v) is 4.53. The standard InChI is InChI=1S/C15H15N5O3S/c16-13(22)10-5-11(19-14(10)20-15(17)23)7-1-2-9-4-8(3-7)18-12(21)6-24-9/h1-3,5,19H,4,6H2,(H2,16,22)(H,18,21)(H3,17,20,23). The molecule has 1 aliphatic heterocycles. The molecule has 9 heteroatoms. The Bertz CT molecular complexity index is 834. The van der Waals surface area contributed by atoms with Crippen LogP contribution in [-0.4, -0.2) is 28.6 Å². The predicted octanol–water partition coefficient (Wildman–Crippen LogP) is 1.02. The molecule has 0 saturated carbocycles. The molecule has 0 spiro atoms. The number of aromatic amines is 1. The minimum atomic E-state index is -0.808. The number of carbonyl (C=O) groups excluding carboxylic acids is 3. The van der Waals surface area contributed by atoms with Gasteiger partial charge in [-0.2, -0.15) is 0 Å². The highest BCUT2D eigenvalue weighted by atomic mass is 32.2. The normalized spacial score (nSPS) is 16.8.